The van der Waals surface area contributed by atoms with Crippen LogP contribution in [-0.2, 0) is 17.6 Å². The molecule has 202 valence electrons. The molecule has 0 radical (unpaired) electrons. The molecule has 2 amide bonds. The number of nitrogens with one attached hydrogen (secondary N) is 3. The number of hydrogen-bond acceptors (Lipinski definition) is 5. The van der Waals surface area contributed by atoms with Crippen molar-refractivity contribution in [3.63, 3.8) is 0 Å². The normalized spacial score (nSPS) is 16.9. The quantitative estimate of drug-likeness (QED) is 0.287. The van der Waals surface area contributed by atoms with Crippen LogP contribution in [-0.4, -0.2) is 49.5 Å². The summed E-state index contributed by atoms with van der Waals surface area (Å²) in [4.78, 5) is 27.1. The summed E-state index contributed by atoms with van der Waals surface area (Å²) in [7, 11) is 0. The maximum Gasteiger partial charge on any atom is 0.270 e. The summed E-state index contributed by atoms with van der Waals surface area (Å²) in [5.41, 5.74) is 5.38. The molecular formula is C29H38N6O3. The third kappa shape index (κ3) is 5.38. The lowest BCUT2D eigenvalue weighted by molar-refractivity contribution is -0.119. The zero-order valence-electron chi connectivity index (χ0n) is 22.4. The minimum atomic E-state index is -0.637. The smallest absolute Gasteiger partial charge is 0.270 e. The molecule has 9 heteroatoms. The zero-order valence-corrected chi connectivity index (χ0v) is 22.4. The summed E-state index contributed by atoms with van der Waals surface area (Å²) < 4.78 is 1.51. The number of aliphatic hydroxyl groups excluding tert-OH is 1. The highest BCUT2D eigenvalue weighted by atomic mass is 16.3. The van der Waals surface area contributed by atoms with Gasteiger partial charge in [0.1, 0.15) is 11.7 Å². The Morgan fingerprint density at radius 2 is 1.76 bits per heavy atom. The molecule has 4 N–H and O–H groups in total. The first-order chi connectivity index (χ1) is 18.4. The Hall–Kier alpha value is -3.46. The van der Waals surface area contributed by atoms with Gasteiger partial charge < -0.3 is 15.7 Å². The maximum absolute atomic E-state index is 13.7. The molecule has 2 heterocycles. The van der Waals surface area contributed by atoms with Crippen LogP contribution in [0.1, 0.15) is 74.4 Å². The van der Waals surface area contributed by atoms with E-state index in [9.17, 15) is 14.7 Å². The summed E-state index contributed by atoms with van der Waals surface area (Å²) in [6, 6.07) is 8.51. The fourth-order valence-corrected chi connectivity index (χ4v) is 5.58. The van der Waals surface area contributed by atoms with Gasteiger partial charge in [-0.05, 0) is 87.0 Å². The van der Waals surface area contributed by atoms with Crippen LogP contribution in [0.15, 0.2) is 36.5 Å². The molecule has 3 aromatic rings. The number of carbonyl (C=O) groups excluding carboxylic acids is 2. The third-order valence-electron chi connectivity index (χ3n) is 7.92. The molecule has 0 aliphatic heterocycles. The van der Waals surface area contributed by atoms with Gasteiger partial charge in [0.15, 0.2) is 0 Å². The van der Waals surface area contributed by atoms with Crippen LogP contribution < -0.4 is 10.6 Å². The van der Waals surface area contributed by atoms with E-state index in [0.717, 1.165) is 61.0 Å². The lowest BCUT2D eigenvalue weighted by atomic mass is 9.88. The van der Waals surface area contributed by atoms with E-state index in [-0.39, 0.29) is 30.4 Å². The first-order valence-corrected chi connectivity index (χ1v) is 13.9. The number of hydrogen-bond donors (Lipinski definition) is 4. The van der Waals surface area contributed by atoms with Crippen LogP contribution in [0.5, 0.6) is 0 Å². The number of amides is 2. The minimum Gasteiger partial charge on any atom is -0.394 e. The van der Waals surface area contributed by atoms with E-state index in [0.29, 0.717) is 23.2 Å². The fraction of sp³-hybridized carbons (Fsp3) is 0.517. The molecule has 9 nitrogen and oxygen atoms in total. The van der Waals surface area contributed by atoms with Gasteiger partial charge in [-0.15, -0.1) is 0 Å². The monoisotopic (exact) mass is 518 g/mol. The van der Waals surface area contributed by atoms with Crippen molar-refractivity contribution in [2.45, 2.75) is 71.4 Å². The van der Waals surface area contributed by atoms with Crippen molar-refractivity contribution in [2.75, 3.05) is 11.9 Å². The number of aromatic amines is 1. The molecule has 1 aromatic carbocycles. The van der Waals surface area contributed by atoms with E-state index in [4.69, 9.17) is 0 Å². The van der Waals surface area contributed by atoms with Crippen molar-refractivity contribution in [1.29, 1.82) is 0 Å². The average Bonchev–Trinajstić information content (AvgIpc) is 3.86. The Bertz CT molecular complexity index is 1240. The second kappa shape index (κ2) is 11.1. The summed E-state index contributed by atoms with van der Waals surface area (Å²) in [6.45, 7) is 5.86. The van der Waals surface area contributed by atoms with E-state index in [1.165, 1.54) is 4.68 Å². The topological polar surface area (TPSA) is 125 Å². The highest BCUT2D eigenvalue weighted by Crippen LogP contribution is 2.51. The maximum atomic E-state index is 13.7. The van der Waals surface area contributed by atoms with E-state index in [1.54, 1.807) is 19.2 Å². The van der Waals surface area contributed by atoms with Gasteiger partial charge in [0.25, 0.3) is 5.91 Å². The third-order valence-corrected chi connectivity index (χ3v) is 7.92. The van der Waals surface area contributed by atoms with Gasteiger partial charge in [0, 0.05) is 23.1 Å². The van der Waals surface area contributed by atoms with E-state index < -0.39 is 6.04 Å². The number of anilines is 1. The summed E-state index contributed by atoms with van der Waals surface area (Å²) in [6.07, 6.45) is 7.63. The molecule has 2 saturated carbocycles. The van der Waals surface area contributed by atoms with Crippen LogP contribution in [0.2, 0.25) is 0 Å². The van der Waals surface area contributed by atoms with Gasteiger partial charge in [-0.3, -0.25) is 19.4 Å². The molecule has 2 atom stereocenters. The second-order valence-corrected chi connectivity index (χ2v) is 10.7. The summed E-state index contributed by atoms with van der Waals surface area (Å²) in [5, 5.41) is 27.5. The van der Waals surface area contributed by atoms with Crippen molar-refractivity contribution in [3.8, 4) is 11.1 Å². The van der Waals surface area contributed by atoms with Crippen molar-refractivity contribution in [2.24, 2.45) is 17.8 Å². The SMILES string of the molecule is CCc1n[nH]c(CC)c1-c1ccc(NC(=O)C(NC(=O)c2ccnn2[C@@H](C)CO)C(C2CC2)C2CC2)cc1. The molecule has 5 rings (SSSR count). The zero-order chi connectivity index (χ0) is 26.8. The van der Waals surface area contributed by atoms with Crippen molar-refractivity contribution in [1.82, 2.24) is 25.3 Å². The standard InChI is InChI=1S/C29H38N6O3/c1-4-22-26(23(5-2)34-33-22)20-10-12-21(13-11-20)31-29(38)27(25(18-6-7-18)19-8-9-19)32-28(37)24-14-15-30-35(24)17(3)16-36/h10-15,17-19,25,27,36H,4-9,16H2,1-3H3,(H,31,38)(H,32,37)(H,33,34)/t17-,27?/m0/s1. The highest BCUT2D eigenvalue weighted by molar-refractivity contribution is 6.01. The van der Waals surface area contributed by atoms with Crippen LogP contribution in [0.4, 0.5) is 5.69 Å². The van der Waals surface area contributed by atoms with E-state index in [1.807, 2.05) is 24.3 Å². The van der Waals surface area contributed by atoms with Gasteiger partial charge in [0.2, 0.25) is 5.91 Å². The molecule has 2 aliphatic rings. The van der Waals surface area contributed by atoms with Crippen LogP contribution in [0.25, 0.3) is 11.1 Å². The summed E-state index contributed by atoms with van der Waals surface area (Å²) in [5.74, 6) is 0.508. The number of aromatic nitrogens is 4. The molecule has 38 heavy (non-hydrogen) atoms. The largest absolute Gasteiger partial charge is 0.394 e. The predicted molar refractivity (Wildman–Crippen MR) is 146 cm³/mol. The Morgan fingerprint density at radius 3 is 2.34 bits per heavy atom. The molecular weight excluding hydrogens is 480 g/mol. The predicted octanol–water partition coefficient (Wildman–Crippen LogP) is 4.12. The first kappa shape index (κ1) is 26.2. The lowest BCUT2D eigenvalue weighted by Crippen LogP contribution is -2.50. The van der Waals surface area contributed by atoms with Gasteiger partial charge in [-0.25, -0.2) is 0 Å². The van der Waals surface area contributed by atoms with Gasteiger partial charge in [-0.1, -0.05) is 26.0 Å². The van der Waals surface area contributed by atoms with Gasteiger partial charge in [-0.2, -0.15) is 10.2 Å². The number of nitrogens with zero attached hydrogens (tertiary/aromatic N) is 3. The number of H-pyrrole nitrogens is 1. The number of aryl methyl sites for hydroxylation is 2. The molecule has 0 bridgehead atoms. The molecule has 0 spiro atoms. The Kier molecular flexibility index (Phi) is 7.65. The van der Waals surface area contributed by atoms with Crippen molar-refractivity contribution < 1.29 is 14.7 Å². The van der Waals surface area contributed by atoms with Crippen molar-refractivity contribution >= 4 is 17.5 Å². The minimum absolute atomic E-state index is 0.120. The van der Waals surface area contributed by atoms with Crippen LogP contribution >= 0.6 is 0 Å². The number of benzene rings is 1. The molecule has 2 aliphatic carbocycles. The molecule has 1 unspecified atom stereocenters. The number of carbonyl (C=O) groups is 2. The van der Waals surface area contributed by atoms with E-state index >= 15 is 0 Å². The van der Waals surface area contributed by atoms with Crippen LogP contribution in [0, 0.1) is 17.8 Å². The Labute approximate surface area is 223 Å². The Morgan fingerprint density at radius 1 is 1.08 bits per heavy atom. The number of rotatable bonds is 12. The van der Waals surface area contributed by atoms with Crippen molar-refractivity contribution in [3.05, 3.63) is 53.6 Å². The second-order valence-electron chi connectivity index (χ2n) is 10.7. The average molecular weight is 519 g/mol. The van der Waals surface area contributed by atoms with Gasteiger partial charge >= 0.3 is 0 Å². The molecule has 2 fully saturated rings. The molecule has 2 aromatic heterocycles. The van der Waals surface area contributed by atoms with E-state index in [2.05, 4.69) is 39.8 Å². The highest BCUT2D eigenvalue weighted by Gasteiger charge is 2.48. The fourth-order valence-electron chi connectivity index (χ4n) is 5.58. The lowest BCUT2D eigenvalue weighted by Gasteiger charge is -2.28. The first-order valence-electron chi connectivity index (χ1n) is 13.9. The Balaban J connectivity index is 1.36. The molecule has 0 saturated heterocycles. The van der Waals surface area contributed by atoms with Gasteiger partial charge in [0.05, 0.1) is 18.3 Å². The number of aliphatic hydroxyl groups is 1. The van der Waals surface area contributed by atoms with Crippen LogP contribution in [0.3, 0.4) is 0 Å². The summed E-state index contributed by atoms with van der Waals surface area (Å²) >= 11 is 0.